The van der Waals surface area contributed by atoms with Gasteiger partial charge in [0.25, 0.3) is 0 Å². The van der Waals surface area contributed by atoms with Crippen molar-refractivity contribution in [1.82, 2.24) is 0 Å². The van der Waals surface area contributed by atoms with Gasteiger partial charge < -0.3 is 15.3 Å². The molecule has 0 amide bonds. The van der Waals surface area contributed by atoms with Crippen molar-refractivity contribution >= 4 is 0 Å². The van der Waals surface area contributed by atoms with Crippen LogP contribution in [0.25, 0.3) is 0 Å². The van der Waals surface area contributed by atoms with Crippen LogP contribution in [-0.2, 0) is 35.5 Å². The second kappa shape index (κ2) is 13.0. The molecule has 4 aromatic carbocycles. The monoisotopic (exact) mass is 648 g/mol. The van der Waals surface area contributed by atoms with Gasteiger partial charge in [0.15, 0.2) is 0 Å². The van der Waals surface area contributed by atoms with Gasteiger partial charge in [0.2, 0.25) is 0 Å². The molecule has 3 nitrogen and oxygen atoms in total. The predicted octanol–water partition coefficient (Wildman–Crippen LogP) is 11.3. The van der Waals surface area contributed by atoms with Crippen LogP contribution in [0.5, 0.6) is 17.2 Å². The quantitative estimate of drug-likeness (QED) is 0.195. The summed E-state index contributed by atoms with van der Waals surface area (Å²) in [6, 6.07) is 12.4. The summed E-state index contributed by atoms with van der Waals surface area (Å²) in [6.45, 7) is 32.8. The SMILES string of the molecule is Cc1cc(Cc2c(C)c(Cc3cc(C)c(O)cc3C(C)(C)C)c(C)c(Cc3cc(C)c(O)cc3C(C)(C)C)c2C)c(C(C)(C)C)cc1O. The first-order valence-corrected chi connectivity index (χ1v) is 17.5. The summed E-state index contributed by atoms with van der Waals surface area (Å²) in [5.74, 6) is 1.03. The molecule has 0 heterocycles. The van der Waals surface area contributed by atoms with Crippen molar-refractivity contribution in [3.05, 3.63) is 120 Å². The molecule has 0 spiro atoms. The number of aromatic hydroxyl groups is 3. The Hall–Kier alpha value is -3.72. The van der Waals surface area contributed by atoms with Gasteiger partial charge in [-0.2, -0.15) is 0 Å². The Morgan fingerprint density at radius 3 is 0.771 bits per heavy atom. The van der Waals surface area contributed by atoms with E-state index in [1.54, 1.807) is 0 Å². The fraction of sp³-hybridized carbons (Fsp3) is 0.467. The lowest BCUT2D eigenvalue weighted by Crippen LogP contribution is -2.18. The van der Waals surface area contributed by atoms with Crippen molar-refractivity contribution in [3.63, 3.8) is 0 Å². The van der Waals surface area contributed by atoms with Crippen LogP contribution in [0, 0.1) is 41.5 Å². The van der Waals surface area contributed by atoms with Crippen LogP contribution in [0.3, 0.4) is 0 Å². The lowest BCUT2D eigenvalue weighted by molar-refractivity contribution is 0.466. The zero-order valence-electron chi connectivity index (χ0n) is 32.4. The van der Waals surface area contributed by atoms with Crippen LogP contribution in [0.1, 0.15) is 146 Å². The van der Waals surface area contributed by atoms with E-state index in [0.29, 0.717) is 17.2 Å². The third-order valence-electron chi connectivity index (χ3n) is 10.5. The summed E-state index contributed by atoms with van der Waals surface area (Å²) in [7, 11) is 0. The molecule has 0 radical (unpaired) electrons. The lowest BCUT2D eigenvalue weighted by Gasteiger charge is -2.29. The molecule has 0 aromatic heterocycles. The van der Waals surface area contributed by atoms with E-state index in [4.69, 9.17) is 0 Å². The van der Waals surface area contributed by atoms with E-state index in [-0.39, 0.29) is 16.2 Å². The van der Waals surface area contributed by atoms with E-state index in [9.17, 15) is 15.3 Å². The van der Waals surface area contributed by atoms with Gasteiger partial charge in [0, 0.05) is 0 Å². The van der Waals surface area contributed by atoms with Crippen molar-refractivity contribution in [1.29, 1.82) is 0 Å². The van der Waals surface area contributed by atoms with Crippen LogP contribution in [-0.4, -0.2) is 15.3 Å². The van der Waals surface area contributed by atoms with Crippen LogP contribution in [0.15, 0.2) is 36.4 Å². The fourth-order valence-electron chi connectivity index (χ4n) is 7.56. The zero-order valence-corrected chi connectivity index (χ0v) is 32.4. The van der Waals surface area contributed by atoms with Gasteiger partial charge in [0.1, 0.15) is 17.2 Å². The maximum absolute atomic E-state index is 10.7. The summed E-state index contributed by atoms with van der Waals surface area (Å²) < 4.78 is 0. The average molecular weight is 649 g/mol. The molecule has 0 atom stereocenters. The first-order valence-electron chi connectivity index (χ1n) is 17.5. The molecule has 4 aromatic rings. The van der Waals surface area contributed by atoms with Gasteiger partial charge in [-0.15, -0.1) is 0 Å². The Kier molecular flexibility index (Phi) is 10.0. The minimum atomic E-state index is -0.130. The molecule has 4 rings (SSSR count). The van der Waals surface area contributed by atoms with Gasteiger partial charge in [-0.25, -0.2) is 0 Å². The Morgan fingerprint density at radius 2 is 0.583 bits per heavy atom. The summed E-state index contributed by atoms with van der Waals surface area (Å²) in [6.07, 6.45) is 2.31. The molecule has 0 bridgehead atoms. The Bertz CT molecular complexity index is 1630. The topological polar surface area (TPSA) is 60.7 Å². The van der Waals surface area contributed by atoms with Gasteiger partial charge in [-0.05, 0) is 179 Å². The number of phenolic OH excluding ortho intramolecular Hbond substituents is 3. The minimum Gasteiger partial charge on any atom is -0.508 e. The summed E-state index contributed by atoms with van der Waals surface area (Å²) in [4.78, 5) is 0. The van der Waals surface area contributed by atoms with E-state index >= 15 is 0 Å². The smallest absolute Gasteiger partial charge is 0.118 e. The molecular weight excluding hydrogens is 588 g/mol. The number of hydrogen-bond donors (Lipinski definition) is 3. The van der Waals surface area contributed by atoms with Gasteiger partial charge in [0.05, 0.1) is 0 Å². The highest BCUT2D eigenvalue weighted by atomic mass is 16.3. The van der Waals surface area contributed by atoms with Crippen molar-refractivity contribution in [2.75, 3.05) is 0 Å². The highest BCUT2D eigenvalue weighted by molar-refractivity contribution is 5.58. The maximum atomic E-state index is 10.7. The molecule has 0 saturated heterocycles. The van der Waals surface area contributed by atoms with Crippen LogP contribution in [0.2, 0.25) is 0 Å². The van der Waals surface area contributed by atoms with Crippen molar-refractivity contribution in [3.8, 4) is 17.2 Å². The van der Waals surface area contributed by atoms with Crippen LogP contribution in [0.4, 0.5) is 0 Å². The number of benzene rings is 4. The highest BCUT2D eigenvalue weighted by Gasteiger charge is 2.27. The van der Waals surface area contributed by atoms with Gasteiger partial charge >= 0.3 is 0 Å². The standard InChI is InChI=1S/C45H60O3/c1-25-16-31(37(22-40(25)46)43(7,8)9)19-34-28(4)35(20-32-17-26(2)41(47)23-38(32)44(10,11)12)30(6)36(29(34)5)21-33-18-27(3)42(48)24-39(33)45(13,14)15/h16-18,22-24,46-48H,19-21H2,1-15H3. The number of rotatable bonds is 6. The second-order valence-electron chi connectivity index (χ2n) is 17.5. The first-order chi connectivity index (χ1) is 21.9. The second-order valence-corrected chi connectivity index (χ2v) is 17.5. The van der Waals surface area contributed by atoms with Crippen LogP contribution < -0.4 is 0 Å². The summed E-state index contributed by atoms with van der Waals surface area (Å²) >= 11 is 0. The third-order valence-corrected chi connectivity index (χ3v) is 10.5. The minimum absolute atomic E-state index is 0.130. The zero-order chi connectivity index (χ0) is 36.3. The van der Waals surface area contributed by atoms with Gasteiger partial charge in [-0.1, -0.05) is 80.5 Å². The highest BCUT2D eigenvalue weighted by Crippen LogP contribution is 2.40. The molecule has 0 unspecified atom stereocenters. The molecule has 0 fully saturated rings. The van der Waals surface area contributed by atoms with E-state index in [2.05, 4.69) is 101 Å². The van der Waals surface area contributed by atoms with E-state index in [1.807, 2.05) is 39.0 Å². The Morgan fingerprint density at radius 1 is 0.375 bits per heavy atom. The fourth-order valence-corrected chi connectivity index (χ4v) is 7.56. The van der Waals surface area contributed by atoms with Gasteiger partial charge in [-0.3, -0.25) is 0 Å². The number of hydrogen-bond acceptors (Lipinski definition) is 3. The lowest BCUT2D eigenvalue weighted by atomic mass is 9.75. The molecule has 48 heavy (non-hydrogen) atoms. The van der Waals surface area contributed by atoms with Crippen LogP contribution >= 0.6 is 0 Å². The Balaban J connectivity index is 2.05. The molecule has 258 valence electrons. The average Bonchev–Trinajstić information content (AvgIpc) is 2.94. The molecule has 0 aliphatic rings. The molecular formula is C45H60O3. The van der Waals surface area contributed by atoms with E-state index in [0.717, 1.165) is 36.0 Å². The van der Waals surface area contributed by atoms with E-state index in [1.165, 1.54) is 66.8 Å². The van der Waals surface area contributed by atoms with Crippen molar-refractivity contribution < 1.29 is 15.3 Å². The van der Waals surface area contributed by atoms with E-state index < -0.39 is 0 Å². The summed E-state index contributed by atoms with van der Waals surface area (Å²) in [5.41, 5.74) is 17.5. The Labute approximate surface area is 291 Å². The maximum Gasteiger partial charge on any atom is 0.118 e. The largest absolute Gasteiger partial charge is 0.508 e. The number of phenols is 3. The molecule has 0 aliphatic carbocycles. The van der Waals surface area contributed by atoms with Crippen molar-refractivity contribution in [2.24, 2.45) is 0 Å². The molecule has 0 aliphatic heterocycles. The number of aryl methyl sites for hydroxylation is 3. The predicted molar refractivity (Wildman–Crippen MR) is 204 cm³/mol. The molecule has 3 N–H and O–H groups in total. The third kappa shape index (κ3) is 7.46. The normalized spacial score (nSPS) is 12.6. The summed E-state index contributed by atoms with van der Waals surface area (Å²) in [5, 5.41) is 32.2. The molecule has 3 heteroatoms. The molecule has 0 saturated carbocycles. The first kappa shape index (κ1) is 37.1. The van der Waals surface area contributed by atoms with Crippen molar-refractivity contribution in [2.45, 2.75) is 139 Å².